The zero-order chi connectivity index (χ0) is 17.5. The summed E-state index contributed by atoms with van der Waals surface area (Å²) in [5.74, 6) is -11.5. The Bertz CT molecular complexity index is 877. The van der Waals surface area contributed by atoms with Gasteiger partial charge in [0.25, 0.3) is 10.0 Å². The third kappa shape index (κ3) is 3.08. The average molecular weight is 376 g/mol. The van der Waals surface area contributed by atoms with Gasteiger partial charge in [0.15, 0.2) is 34.9 Å². The van der Waals surface area contributed by atoms with Gasteiger partial charge in [0.2, 0.25) is 0 Å². The topological polar surface area (TPSA) is 46.2 Å². The van der Waals surface area contributed by atoms with Gasteiger partial charge < -0.3 is 0 Å². The van der Waals surface area contributed by atoms with Crippen molar-refractivity contribution >= 4 is 27.3 Å². The highest BCUT2D eigenvalue weighted by Gasteiger charge is 2.29. The van der Waals surface area contributed by atoms with Crippen LogP contribution in [-0.2, 0) is 10.0 Å². The zero-order valence-electron chi connectivity index (χ0n) is 10.6. The highest BCUT2D eigenvalue weighted by atomic mass is 35.5. The number of hydrogen-bond donors (Lipinski definition) is 1. The molecular weight excluding hydrogens is 372 g/mol. The Morgan fingerprint density at radius 3 is 1.87 bits per heavy atom. The molecule has 0 atom stereocenters. The van der Waals surface area contributed by atoms with Crippen molar-refractivity contribution in [3.8, 4) is 0 Å². The summed E-state index contributed by atoms with van der Waals surface area (Å²) < 4.78 is 105. The molecular formula is C12H4ClF6NO2S. The normalized spacial score (nSPS) is 11.6. The van der Waals surface area contributed by atoms with E-state index in [2.05, 4.69) is 0 Å². The van der Waals surface area contributed by atoms with Crippen LogP contribution in [0.3, 0.4) is 0 Å². The van der Waals surface area contributed by atoms with Crippen LogP contribution in [0.4, 0.5) is 32.0 Å². The summed E-state index contributed by atoms with van der Waals surface area (Å²) in [7, 11) is -5.19. The number of sulfonamides is 1. The lowest BCUT2D eigenvalue weighted by molar-refractivity contribution is 0.459. The second-order valence-electron chi connectivity index (χ2n) is 4.12. The van der Waals surface area contributed by atoms with Gasteiger partial charge in [-0.25, -0.2) is 34.8 Å². The smallest absolute Gasteiger partial charge is 0.266 e. The molecule has 0 saturated carbocycles. The van der Waals surface area contributed by atoms with E-state index >= 15 is 0 Å². The molecule has 23 heavy (non-hydrogen) atoms. The quantitative estimate of drug-likeness (QED) is 0.651. The number of benzene rings is 2. The lowest BCUT2D eigenvalue weighted by Gasteiger charge is -2.12. The summed E-state index contributed by atoms with van der Waals surface area (Å²) in [5.41, 5.74) is -1.73. The van der Waals surface area contributed by atoms with Gasteiger partial charge in [0.05, 0.1) is 5.02 Å². The van der Waals surface area contributed by atoms with Gasteiger partial charge in [-0.2, -0.15) is 0 Å². The number of hydrogen-bond acceptors (Lipinski definition) is 2. The molecule has 0 heterocycles. The van der Waals surface area contributed by atoms with Crippen LogP contribution in [0.2, 0.25) is 5.02 Å². The highest BCUT2D eigenvalue weighted by molar-refractivity contribution is 7.92. The first-order valence-electron chi connectivity index (χ1n) is 5.55. The minimum atomic E-state index is -5.19. The second kappa shape index (κ2) is 5.93. The maximum Gasteiger partial charge on any atom is 0.266 e. The molecule has 0 aromatic heterocycles. The van der Waals surface area contributed by atoms with Gasteiger partial charge in [-0.1, -0.05) is 11.6 Å². The number of anilines is 1. The van der Waals surface area contributed by atoms with E-state index in [0.717, 1.165) is 4.72 Å². The van der Waals surface area contributed by atoms with Crippen LogP contribution in [-0.4, -0.2) is 8.42 Å². The summed E-state index contributed by atoms with van der Waals surface area (Å²) in [6.45, 7) is 0. The van der Waals surface area contributed by atoms with Crippen molar-refractivity contribution in [2.24, 2.45) is 0 Å². The van der Waals surface area contributed by atoms with Crippen molar-refractivity contribution in [3.63, 3.8) is 0 Å². The van der Waals surface area contributed by atoms with E-state index in [4.69, 9.17) is 11.6 Å². The Balaban J connectivity index is 2.64. The van der Waals surface area contributed by atoms with Crippen LogP contribution >= 0.6 is 11.6 Å². The Labute approximate surface area is 130 Å². The van der Waals surface area contributed by atoms with Gasteiger partial charge in [0.1, 0.15) is 10.6 Å². The Hall–Kier alpha value is -1.94. The summed E-state index contributed by atoms with van der Waals surface area (Å²) in [6.07, 6.45) is 0. The minimum absolute atomic E-state index is 0.155. The first-order chi connectivity index (χ1) is 10.6. The number of halogens is 7. The molecule has 1 N–H and O–H groups in total. The van der Waals surface area contributed by atoms with E-state index in [1.807, 2.05) is 0 Å². The van der Waals surface area contributed by atoms with Gasteiger partial charge in [-0.15, -0.1) is 0 Å². The summed E-state index contributed by atoms with van der Waals surface area (Å²) in [4.78, 5) is -1.47. The van der Waals surface area contributed by atoms with Crippen molar-refractivity contribution in [2.75, 3.05) is 4.72 Å². The van der Waals surface area contributed by atoms with Gasteiger partial charge in [-0.3, -0.25) is 4.72 Å². The lowest BCUT2D eigenvalue weighted by atomic mass is 10.3. The van der Waals surface area contributed by atoms with Crippen molar-refractivity contribution in [2.45, 2.75) is 4.90 Å². The maximum atomic E-state index is 13.6. The van der Waals surface area contributed by atoms with Gasteiger partial charge in [-0.05, 0) is 12.1 Å². The summed E-state index contributed by atoms with van der Waals surface area (Å²) >= 11 is 5.43. The largest absolute Gasteiger partial charge is 0.273 e. The van der Waals surface area contributed by atoms with Crippen molar-refractivity contribution in [1.29, 1.82) is 0 Å². The van der Waals surface area contributed by atoms with E-state index in [1.165, 1.54) is 0 Å². The molecule has 0 saturated heterocycles. The fourth-order valence-corrected chi connectivity index (χ4v) is 3.26. The van der Waals surface area contributed by atoms with E-state index in [9.17, 15) is 34.8 Å². The highest BCUT2D eigenvalue weighted by Crippen LogP contribution is 2.31. The third-order valence-corrected chi connectivity index (χ3v) is 4.46. The molecule has 0 aliphatic rings. The molecule has 124 valence electrons. The fourth-order valence-electron chi connectivity index (χ4n) is 1.60. The number of rotatable bonds is 3. The van der Waals surface area contributed by atoms with Gasteiger partial charge >= 0.3 is 0 Å². The summed E-state index contributed by atoms with van der Waals surface area (Å²) in [6, 6.07) is 1.03. The Morgan fingerprint density at radius 1 is 0.826 bits per heavy atom. The van der Waals surface area contributed by atoms with Crippen LogP contribution in [0.5, 0.6) is 0 Å². The monoisotopic (exact) mass is 375 g/mol. The van der Waals surface area contributed by atoms with Crippen LogP contribution in [0.25, 0.3) is 0 Å². The third-order valence-electron chi connectivity index (χ3n) is 2.62. The maximum absolute atomic E-state index is 13.6. The van der Waals surface area contributed by atoms with Crippen molar-refractivity contribution < 1.29 is 34.8 Å². The molecule has 2 aromatic rings. The molecule has 11 heteroatoms. The van der Waals surface area contributed by atoms with E-state index in [0.29, 0.717) is 12.1 Å². The Kier molecular flexibility index (Phi) is 4.49. The molecule has 0 radical (unpaired) electrons. The molecule has 0 amide bonds. The van der Waals surface area contributed by atoms with Crippen LogP contribution < -0.4 is 4.72 Å². The van der Waals surface area contributed by atoms with E-state index < -0.39 is 60.5 Å². The molecule has 2 aromatic carbocycles. The molecule has 0 unspecified atom stereocenters. The second-order valence-corrected chi connectivity index (χ2v) is 6.15. The molecule has 2 rings (SSSR count). The van der Waals surface area contributed by atoms with Crippen LogP contribution in [0.15, 0.2) is 23.1 Å². The molecule has 0 aliphatic heterocycles. The predicted molar refractivity (Wildman–Crippen MR) is 68.5 cm³/mol. The predicted octanol–water partition coefficient (Wildman–Crippen LogP) is 3.98. The lowest BCUT2D eigenvalue weighted by Crippen LogP contribution is -2.18. The molecule has 3 nitrogen and oxygen atoms in total. The number of nitrogens with one attached hydrogen (secondary N) is 1. The van der Waals surface area contributed by atoms with E-state index in [1.54, 1.807) is 0 Å². The van der Waals surface area contributed by atoms with Crippen LogP contribution in [0.1, 0.15) is 0 Å². The summed E-state index contributed by atoms with van der Waals surface area (Å²) in [5, 5.41) is -0.811. The minimum Gasteiger partial charge on any atom is -0.273 e. The molecule has 0 aliphatic carbocycles. The Morgan fingerprint density at radius 2 is 1.35 bits per heavy atom. The SMILES string of the molecule is O=S(=O)(Nc1c(F)c(F)cc(F)c1F)c1c(Cl)ccc(F)c1F. The molecule has 0 spiro atoms. The van der Waals surface area contributed by atoms with E-state index in [-0.39, 0.29) is 6.07 Å². The fraction of sp³-hybridized carbons (Fsp3) is 0. The molecule has 0 bridgehead atoms. The standard InChI is InChI=1S/C12H4ClF6NO2S/c13-4-1-2-5(14)10(19)12(4)23(21,22)20-11-8(17)6(15)3-7(16)9(11)18/h1-3,20H. The first-order valence-corrected chi connectivity index (χ1v) is 7.41. The van der Waals surface area contributed by atoms with Crippen molar-refractivity contribution in [1.82, 2.24) is 0 Å². The van der Waals surface area contributed by atoms with Crippen LogP contribution in [0, 0.1) is 34.9 Å². The first kappa shape index (κ1) is 17.4. The average Bonchev–Trinajstić information content (AvgIpc) is 2.45. The van der Waals surface area contributed by atoms with Crippen molar-refractivity contribution in [3.05, 3.63) is 58.1 Å². The van der Waals surface area contributed by atoms with Gasteiger partial charge in [0, 0.05) is 6.07 Å². The zero-order valence-corrected chi connectivity index (χ0v) is 12.2. The molecule has 0 fully saturated rings.